The summed E-state index contributed by atoms with van der Waals surface area (Å²) in [6, 6.07) is 6.15. The van der Waals surface area contributed by atoms with E-state index in [1.165, 1.54) is 12.1 Å². The van der Waals surface area contributed by atoms with E-state index in [4.69, 9.17) is 0 Å². The van der Waals surface area contributed by atoms with Crippen LogP contribution in [-0.2, 0) is 6.54 Å². The number of benzene rings is 1. The number of aryl methyl sites for hydroxylation is 1. The molecule has 0 aliphatic rings. The zero-order valence-corrected chi connectivity index (χ0v) is 9.75. The summed E-state index contributed by atoms with van der Waals surface area (Å²) in [4.78, 5) is 14.2. The van der Waals surface area contributed by atoms with Gasteiger partial charge in [-0.15, -0.1) is 0 Å². The SMILES string of the molecule is O=[N+]([O-])c1ccc(-c2ncn(CCS)n2)cc1. The van der Waals surface area contributed by atoms with Crippen molar-refractivity contribution in [3.8, 4) is 11.4 Å². The fourth-order valence-corrected chi connectivity index (χ4v) is 1.57. The first-order valence-electron chi connectivity index (χ1n) is 4.96. The van der Waals surface area contributed by atoms with Crippen LogP contribution in [0.15, 0.2) is 30.6 Å². The summed E-state index contributed by atoms with van der Waals surface area (Å²) in [5.41, 5.74) is 0.817. The third-order valence-electron chi connectivity index (χ3n) is 2.20. The molecule has 0 amide bonds. The van der Waals surface area contributed by atoms with Gasteiger partial charge in [-0.3, -0.25) is 14.8 Å². The number of rotatable bonds is 4. The lowest BCUT2D eigenvalue weighted by atomic mass is 10.2. The van der Waals surface area contributed by atoms with Gasteiger partial charge in [0.2, 0.25) is 0 Å². The number of hydrogen-bond donors (Lipinski definition) is 1. The Morgan fingerprint density at radius 1 is 1.35 bits per heavy atom. The zero-order valence-electron chi connectivity index (χ0n) is 8.85. The van der Waals surface area contributed by atoms with E-state index >= 15 is 0 Å². The highest BCUT2D eigenvalue weighted by Crippen LogP contribution is 2.18. The molecule has 2 aromatic rings. The van der Waals surface area contributed by atoms with Crippen molar-refractivity contribution in [2.24, 2.45) is 0 Å². The maximum Gasteiger partial charge on any atom is 0.269 e. The van der Waals surface area contributed by atoms with Gasteiger partial charge in [-0.25, -0.2) is 4.98 Å². The van der Waals surface area contributed by atoms with Crippen molar-refractivity contribution in [1.29, 1.82) is 0 Å². The van der Waals surface area contributed by atoms with Crippen LogP contribution in [-0.4, -0.2) is 25.4 Å². The van der Waals surface area contributed by atoms with Gasteiger partial charge in [-0.1, -0.05) is 0 Å². The molecule has 0 spiro atoms. The van der Waals surface area contributed by atoms with Crippen molar-refractivity contribution >= 4 is 18.3 Å². The molecule has 0 N–H and O–H groups in total. The van der Waals surface area contributed by atoms with Crippen LogP contribution in [0, 0.1) is 10.1 Å². The van der Waals surface area contributed by atoms with Gasteiger partial charge in [0, 0.05) is 23.4 Å². The van der Waals surface area contributed by atoms with E-state index in [-0.39, 0.29) is 5.69 Å². The van der Waals surface area contributed by atoms with Gasteiger partial charge in [0.1, 0.15) is 6.33 Å². The minimum Gasteiger partial charge on any atom is -0.258 e. The highest BCUT2D eigenvalue weighted by molar-refractivity contribution is 7.80. The first-order valence-corrected chi connectivity index (χ1v) is 5.59. The molecule has 0 radical (unpaired) electrons. The number of nitro benzene ring substituents is 1. The molecule has 1 aromatic carbocycles. The molecule has 1 heterocycles. The normalized spacial score (nSPS) is 10.4. The largest absolute Gasteiger partial charge is 0.269 e. The lowest BCUT2D eigenvalue weighted by Crippen LogP contribution is -1.99. The van der Waals surface area contributed by atoms with Crippen LogP contribution in [0.25, 0.3) is 11.4 Å². The number of aromatic nitrogens is 3. The second-order valence-electron chi connectivity index (χ2n) is 3.36. The molecule has 0 saturated carbocycles. The lowest BCUT2D eigenvalue weighted by Gasteiger charge is -1.96. The summed E-state index contributed by atoms with van der Waals surface area (Å²) < 4.78 is 1.68. The highest BCUT2D eigenvalue weighted by Gasteiger charge is 2.07. The van der Waals surface area contributed by atoms with Crippen molar-refractivity contribution < 1.29 is 4.92 Å². The molecule has 0 bridgehead atoms. The number of thiol groups is 1. The minimum absolute atomic E-state index is 0.0588. The monoisotopic (exact) mass is 250 g/mol. The molecule has 0 unspecified atom stereocenters. The molecule has 17 heavy (non-hydrogen) atoms. The van der Waals surface area contributed by atoms with Gasteiger partial charge in [0.15, 0.2) is 5.82 Å². The van der Waals surface area contributed by atoms with Crippen LogP contribution in [0.1, 0.15) is 0 Å². The van der Waals surface area contributed by atoms with Crippen LogP contribution >= 0.6 is 12.6 Å². The average molecular weight is 250 g/mol. The van der Waals surface area contributed by atoms with Crippen molar-refractivity contribution in [2.45, 2.75) is 6.54 Å². The minimum atomic E-state index is -0.434. The fraction of sp³-hybridized carbons (Fsp3) is 0.200. The average Bonchev–Trinajstić information content (AvgIpc) is 2.78. The maximum atomic E-state index is 10.5. The van der Waals surface area contributed by atoms with Gasteiger partial charge < -0.3 is 0 Å². The molecule has 0 saturated heterocycles. The number of nitrogens with zero attached hydrogens (tertiary/aromatic N) is 4. The van der Waals surface area contributed by atoms with E-state index in [1.54, 1.807) is 23.1 Å². The summed E-state index contributed by atoms with van der Waals surface area (Å²) in [6.45, 7) is 0.684. The summed E-state index contributed by atoms with van der Waals surface area (Å²) >= 11 is 4.10. The van der Waals surface area contributed by atoms with E-state index in [9.17, 15) is 10.1 Å². The van der Waals surface area contributed by atoms with Crippen LogP contribution < -0.4 is 0 Å². The molecule has 0 aliphatic heterocycles. The van der Waals surface area contributed by atoms with E-state index in [1.807, 2.05) is 0 Å². The van der Waals surface area contributed by atoms with Crippen molar-refractivity contribution in [3.63, 3.8) is 0 Å². The smallest absolute Gasteiger partial charge is 0.258 e. The Bertz CT molecular complexity index is 523. The van der Waals surface area contributed by atoms with Crippen molar-refractivity contribution in [2.75, 3.05) is 5.75 Å². The van der Waals surface area contributed by atoms with E-state index in [0.29, 0.717) is 18.1 Å². The summed E-state index contributed by atoms with van der Waals surface area (Å²) in [5, 5.41) is 14.7. The van der Waals surface area contributed by atoms with E-state index < -0.39 is 4.92 Å². The maximum absolute atomic E-state index is 10.5. The Morgan fingerprint density at radius 3 is 2.65 bits per heavy atom. The third-order valence-corrected chi connectivity index (χ3v) is 2.40. The van der Waals surface area contributed by atoms with E-state index in [2.05, 4.69) is 22.7 Å². The number of non-ortho nitro benzene ring substituents is 1. The van der Waals surface area contributed by atoms with Crippen molar-refractivity contribution in [1.82, 2.24) is 14.8 Å². The quantitative estimate of drug-likeness (QED) is 0.510. The second kappa shape index (κ2) is 4.96. The number of nitro groups is 1. The first-order chi connectivity index (χ1) is 8.20. The molecule has 88 valence electrons. The Hall–Kier alpha value is -1.89. The fourth-order valence-electron chi connectivity index (χ4n) is 1.37. The van der Waals surface area contributed by atoms with Crippen molar-refractivity contribution in [3.05, 3.63) is 40.7 Å². The van der Waals surface area contributed by atoms with Gasteiger partial charge in [-0.2, -0.15) is 17.7 Å². The predicted octanol–water partition coefficient (Wildman–Crippen LogP) is 1.78. The molecule has 0 aliphatic carbocycles. The Balaban J connectivity index is 2.23. The molecular weight excluding hydrogens is 240 g/mol. The highest BCUT2D eigenvalue weighted by atomic mass is 32.1. The topological polar surface area (TPSA) is 73.8 Å². The van der Waals surface area contributed by atoms with Crippen LogP contribution in [0.4, 0.5) is 5.69 Å². The van der Waals surface area contributed by atoms with Crippen LogP contribution in [0.3, 0.4) is 0 Å². The molecule has 2 rings (SSSR count). The van der Waals surface area contributed by atoms with Crippen LogP contribution in [0.5, 0.6) is 0 Å². The molecule has 6 nitrogen and oxygen atoms in total. The van der Waals surface area contributed by atoms with Crippen LogP contribution in [0.2, 0.25) is 0 Å². The zero-order chi connectivity index (χ0) is 12.3. The second-order valence-corrected chi connectivity index (χ2v) is 3.81. The van der Waals surface area contributed by atoms with E-state index in [0.717, 1.165) is 5.56 Å². The third kappa shape index (κ3) is 2.62. The molecule has 0 fully saturated rings. The van der Waals surface area contributed by atoms with Gasteiger partial charge >= 0.3 is 0 Å². The Morgan fingerprint density at radius 2 is 2.06 bits per heavy atom. The van der Waals surface area contributed by atoms with Gasteiger partial charge in [0.05, 0.1) is 11.5 Å². The predicted molar refractivity (Wildman–Crippen MR) is 66.0 cm³/mol. The standard InChI is InChI=1S/C10H10N4O2S/c15-14(16)9-3-1-8(2-4-9)10-11-7-13(12-10)5-6-17/h1-4,7,17H,5-6H2. The molecule has 1 aromatic heterocycles. The summed E-state index contributed by atoms with van der Waals surface area (Å²) in [7, 11) is 0. The Kier molecular flexibility index (Phi) is 3.38. The first kappa shape index (κ1) is 11.6. The molecule has 7 heteroatoms. The molecular formula is C10H10N4O2S. The molecule has 0 atom stereocenters. The van der Waals surface area contributed by atoms with Gasteiger partial charge in [0.25, 0.3) is 5.69 Å². The summed E-state index contributed by atoms with van der Waals surface area (Å²) in [6.07, 6.45) is 1.62. The number of hydrogen-bond acceptors (Lipinski definition) is 5. The summed E-state index contributed by atoms with van der Waals surface area (Å²) in [5.74, 6) is 1.24. The van der Waals surface area contributed by atoms with Gasteiger partial charge in [-0.05, 0) is 12.1 Å². The lowest BCUT2D eigenvalue weighted by molar-refractivity contribution is -0.384. The Labute approximate surface area is 103 Å².